The van der Waals surface area contributed by atoms with Crippen LogP contribution in [0.3, 0.4) is 0 Å². The molecule has 1 heterocycles. The van der Waals surface area contributed by atoms with Gasteiger partial charge in [0.2, 0.25) is 6.79 Å². The molecule has 4 heteroatoms. The molecule has 0 bridgehead atoms. The minimum Gasteiger partial charge on any atom is -0.454 e. The molecule has 0 saturated carbocycles. The third-order valence-corrected chi connectivity index (χ3v) is 3.81. The SMILES string of the molecule is CN(Cc1ccccc1)C(CN)c1ccc2c(c1)OCO2. The van der Waals surface area contributed by atoms with Crippen LogP contribution in [0, 0.1) is 0 Å². The molecular weight excluding hydrogens is 264 g/mol. The van der Waals surface area contributed by atoms with Crippen LogP contribution in [0.2, 0.25) is 0 Å². The lowest BCUT2D eigenvalue weighted by Gasteiger charge is -2.27. The van der Waals surface area contributed by atoms with Gasteiger partial charge in [-0.15, -0.1) is 0 Å². The number of rotatable bonds is 5. The molecule has 21 heavy (non-hydrogen) atoms. The molecule has 2 N–H and O–H groups in total. The van der Waals surface area contributed by atoms with Crippen LogP contribution >= 0.6 is 0 Å². The van der Waals surface area contributed by atoms with E-state index in [-0.39, 0.29) is 6.04 Å². The Labute approximate surface area is 125 Å². The Morgan fingerprint density at radius 2 is 1.86 bits per heavy atom. The summed E-state index contributed by atoms with van der Waals surface area (Å²) in [6.07, 6.45) is 0. The van der Waals surface area contributed by atoms with Gasteiger partial charge in [0.1, 0.15) is 0 Å². The van der Waals surface area contributed by atoms with Gasteiger partial charge in [-0.05, 0) is 30.3 Å². The summed E-state index contributed by atoms with van der Waals surface area (Å²) in [5.74, 6) is 1.61. The van der Waals surface area contributed by atoms with Gasteiger partial charge in [0.25, 0.3) is 0 Å². The molecule has 4 nitrogen and oxygen atoms in total. The van der Waals surface area contributed by atoms with E-state index in [0.29, 0.717) is 13.3 Å². The second-order valence-corrected chi connectivity index (χ2v) is 5.26. The molecule has 0 saturated heterocycles. The van der Waals surface area contributed by atoms with E-state index in [1.54, 1.807) is 0 Å². The Kier molecular flexibility index (Phi) is 4.08. The van der Waals surface area contributed by atoms with Crippen LogP contribution in [0.15, 0.2) is 48.5 Å². The summed E-state index contributed by atoms with van der Waals surface area (Å²) in [5, 5.41) is 0. The van der Waals surface area contributed by atoms with Crippen LogP contribution < -0.4 is 15.2 Å². The largest absolute Gasteiger partial charge is 0.454 e. The van der Waals surface area contributed by atoms with E-state index in [1.807, 2.05) is 18.2 Å². The first-order valence-electron chi connectivity index (χ1n) is 7.11. The van der Waals surface area contributed by atoms with Gasteiger partial charge in [-0.2, -0.15) is 0 Å². The number of nitrogens with zero attached hydrogens (tertiary/aromatic N) is 1. The fraction of sp³-hybridized carbons (Fsp3) is 0.294. The van der Waals surface area contributed by atoms with Crippen LogP contribution in [0.1, 0.15) is 17.2 Å². The quantitative estimate of drug-likeness (QED) is 0.916. The number of benzene rings is 2. The van der Waals surface area contributed by atoms with Crippen LogP contribution in [-0.4, -0.2) is 25.3 Å². The van der Waals surface area contributed by atoms with Gasteiger partial charge in [-0.1, -0.05) is 36.4 Å². The molecule has 1 atom stereocenters. The molecule has 0 spiro atoms. The van der Waals surface area contributed by atoms with Crippen molar-refractivity contribution >= 4 is 0 Å². The Hall–Kier alpha value is -2.04. The zero-order valence-electron chi connectivity index (χ0n) is 12.2. The molecule has 0 amide bonds. The lowest BCUT2D eigenvalue weighted by atomic mass is 10.0. The van der Waals surface area contributed by atoms with Gasteiger partial charge >= 0.3 is 0 Å². The summed E-state index contributed by atoms with van der Waals surface area (Å²) in [4.78, 5) is 2.26. The lowest BCUT2D eigenvalue weighted by Crippen LogP contribution is -2.30. The third-order valence-electron chi connectivity index (χ3n) is 3.81. The molecule has 1 aliphatic heterocycles. The fourth-order valence-corrected chi connectivity index (χ4v) is 2.67. The number of nitrogens with two attached hydrogens (primary N) is 1. The molecular formula is C17H20N2O2. The number of ether oxygens (including phenoxy) is 2. The van der Waals surface area contributed by atoms with Gasteiger partial charge < -0.3 is 15.2 Å². The average Bonchev–Trinajstić information content (AvgIpc) is 2.96. The summed E-state index contributed by atoms with van der Waals surface area (Å²) in [6, 6.07) is 16.6. The normalized spacial score (nSPS) is 14.4. The lowest BCUT2D eigenvalue weighted by molar-refractivity contribution is 0.173. The first kappa shape index (κ1) is 13.9. The minimum absolute atomic E-state index is 0.153. The van der Waals surface area contributed by atoms with Crippen molar-refractivity contribution in [2.75, 3.05) is 20.4 Å². The predicted molar refractivity (Wildman–Crippen MR) is 82.3 cm³/mol. The summed E-state index contributed by atoms with van der Waals surface area (Å²) in [7, 11) is 2.09. The van der Waals surface area contributed by atoms with Crippen molar-refractivity contribution < 1.29 is 9.47 Å². The predicted octanol–water partition coefficient (Wildman–Crippen LogP) is 2.55. The Morgan fingerprint density at radius 3 is 2.62 bits per heavy atom. The molecule has 0 radical (unpaired) electrons. The maximum atomic E-state index is 5.99. The first-order chi connectivity index (χ1) is 10.3. The maximum Gasteiger partial charge on any atom is 0.231 e. The Morgan fingerprint density at radius 1 is 1.10 bits per heavy atom. The van der Waals surface area contributed by atoms with Crippen LogP contribution in [0.4, 0.5) is 0 Å². The van der Waals surface area contributed by atoms with Gasteiger partial charge in [-0.25, -0.2) is 0 Å². The molecule has 110 valence electrons. The van der Waals surface area contributed by atoms with Crippen molar-refractivity contribution in [1.82, 2.24) is 4.90 Å². The monoisotopic (exact) mass is 284 g/mol. The van der Waals surface area contributed by atoms with Crippen LogP contribution in [0.5, 0.6) is 11.5 Å². The Bertz CT molecular complexity index is 601. The summed E-state index contributed by atoms with van der Waals surface area (Å²) in [6.45, 7) is 1.71. The van der Waals surface area contributed by atoms with E-state index >= 15 is 0 Å². The zero-order chi connectivity index (χ0) is 14.7. The second-order valence-electron chi connectivity index (χ2n) is 5.26. The molecule has 0 aliphatic carbocycles. The van der Waals surface area contributed by atoms with Gasteiger partial charge in [0.15, 0.2) is 11.5 Å². The fourth-order valence-electron chi connectivity index (χ4n) is 2.67. The highest BCUT2D eigenvalue weighted by atomic mass is 16.7. The van der Waals surface area contributed by atoms with Gasteiger partial charge in [0, 0.05) is 19.1 Å². The number of likely N-dealkylation sites (N-methyl/N-ethyl adjacent to an activating group) is 1. The molecule has 3 rings (SSSR count). The van der Waals surface area contributed by atoms with E-state index in [4.69, 9.17) is 15.2 Å². The summed E-state index contributed by atoms with van der Waals surface area (Å²) < 4.78 is 10.8. The molecule has 1 unspecified atom stereocenters. The average molecular weight is 284 g/mol. The highest BCUT2D eigenvalue weighted by Gasteiger charge is 2.20. The van der Waals surface area contributed by atoms with Crippen molar-refractivity contribution in [1.29, 1.82) is 0 Å². The standard InChI is InChI=1S/C17H20N2O2/c1-19(11-13-5-3-2-4-6-13)15(10-18)14-7-8-16-17(9-14)21-12-20-16/h2-9,15H,10-12,18H2,1H3. The molecule has 0 fully saturated rings. The topological polar surface area (TPSA) is 47.7 Å². The highest BCUT2D eigenvalue weighted by Crippen LogP contribution is 2.35. The number of hydrogen-bond acceptors (Lipinski definition) is 4. The smallest absolute Gasteiger partial charge is 0.231 e. The highest BCUT2D eigenvalue weighted by molar-refractivity contribution is 5.45. The van der Waals surface area contributed by atoms with Crippen molar-refractivity contribution in [2.24, 2.45) is 5.73 Å². The Balaban J connectivity index is 1.78. The van der Waals surface area contributed by atoms with Crippen molar-refractivity contribution in [3.8, 4) is 11.5 Å². The molecule has 0 aromatic heterocycles. The summed E-state index contributed by atoms with van der Waals surface area (Å²) >= 11 is 0. The zero-order valence-corrected chi connectivity index (χ0v) is 12.2. The van der Waals surface area contributed by atoms with Crippen molar-refractivity contribution in [3.63, 3.8) is 0 Å². The van der Waals surface area contributed by atoms with Gasteiger partial charge in [0.05, 0.1) is 0 Å². The third kappa shape index (κ3) is 3.01. The van der Waals surface area contributed by atoms with E-state index in [2.05, 4.69) is 42.3 Å². The van der Waals surface area contributed by atoms with Gasteiger partial charge in [-0.3, -0.25) is 4.90 Å². The van der Waals surface area contributed by atoms with E-state index in [9.17, 15) is 0 Å². The molecule has 1 aliphatic rings. The van der Waals surface area contributed by atoms with Crippen molar-refractivity contribution in [2.45, 2.75) is 12.6 Å². The maximum absolute atomic E-state index is 5.99. The van der Waals surface area contributed by atoms with E-state index in [0.717, 1.165) is 23.6 Å². The summed E-state index contributed by atoms with van der Waals surface area (Å²) in [5.41, 5.74) is 8.42. The number of fused-ring (bicyclic) bond motifs is 1. The van der Waals surface area contributed by atoms with E-state index < -0.39 is 0 Å². The molecule has 2 aromatic rings. The minimum atomic E-state index is 0.153. The number of hydrogen-bond donors (Lipinski definition) is 1. The first-order valence-corrected chi connectivity index (χ1v) is 7.11. The molecule has 2 aromatic carbocycles. The van der Waals surface area contributed by atoms with Crippen LogP contribution in [0.25, 0.3) is 0 Å². The second kappa shape index (κ2) is 6.16. The van der Waals surface area contributed by atoms with Crippen LogP contribution in [-0.2, 0) is 6.54 Å². The van der Waals surface area contributed by atoms with E-state index in [1.165, 1.54) is 5.56 Å². The van der Waals surface area contributed by atoms with Crippen molar-refractivity contribution in [3.05, 3.63) is 59.7 Å².